The van der Waals surface area contributed by atoms with Crippen molar-refractivity contribution in [1.29, 1.82) is 0 Å². The number of hydrazone groups is 1. The molecule has 1 aliphatic heterocycles. The van der Waals surface area contributed by atoms with Gasteiger partial charge in [-0.3, -0.25) is 9.78 Å². The van der Waals surface area contributed by atoms with Crippen LogP contribution in [0.15, 0.2) is 53.9 Å². The van der Waals surface area contributed by atoms with Crippen molar-refractivity contribution in [2.75, 3.05) is 7.11 Å². The van der Waals surface area contributed by atoms with Gasteiger partial charge in [-0.05, 0) is 30.7 Å². The lowest BCUT2D eigenvalue weighted by molar-refractivity contribution is -0.0768. The molecule has 1 N–H and O–H groups in total. The zero-order valence-electron chi connectivity index (χ0n) is 13.6. The van der Waals surface area contributed by atoms with Crippen molar-refractivity contribution >= 4 is 11.6 Å². The molecule has 1 amide bonds. The third kappa shape index (κ3) is 2.76. The van der Waals surface area contributed by atoms with E-state index in [1.807, 2.05) is 6.92 Å². The summed E-state index contributed by atoms with van der Waals surface area (Å²) in [7, 11) is 1.54. The standard InChI is InChI=1S/C18H19N3O3/c1-3-15-11-18(23,14-7-5-9-19-12-14)21(20-15)17(22)13-6-4-8-16(10-13)24-2/h4-10,12,23H,3,11H2,1-2H3/t18-/m1/s1. The maximum absolute atomic E-state index is 12.9. The van der Waals surface area contributed by atoms with Crippen molar-refractivity contribution in [3.8, 4) is 5.75 Å². The lowest BCUT2D eigenvalue weighted by Crippen LogP contribution is -2.43. The first kappa shape index (κ1) is 16.1. The highest BCUT2D eigenvalue weighted by molar-refractivity contribution is 5.98. The molecule has 0 bridgehead atoms. The van der Waals surface area contributed by atoms with Crippen molar-refractivity contribution in [1.82, 2.24) is 9.99 Å². The van der Waals surface area contributed by atoms with Gasteiger partial charge in [0, 0.05) is 35.7 Å². The molecule has 1 aliphatic rings. The Morgan fingerprint density at radius 1 is 1.38 bits per heavy atom. The molecule has 1 aromatic carbocycles. The molecule has 0 spiro atoms. The van der Waals surface area contributed by atoms with Gasteiger partial charge < -0.3 is 9.84 Å². The van der Waals surface area contributed by atoms with E-state index < -0.39 is 5.72 Å². The maximum Gasteiger partial charge on any atom is 0.277 e. The number of ether oxygens (including phenoxy) is 1. The Bertz CT molecular complexity index is 776. The van der Waals surface area contributed by atoms with Crippen LogP contribution in [0.5, 0.6) is 5.75 Å². The van der Waals surface area contributed by atoms with E-state index in [0.29, 0.717) is 23.3 Å². The molecule has 0 saturated carbocycles. The van der Waals surface area contributed by atoms with Gasteiger partial charge in [0.15, 0.2) is 5.72 Å². The van der Waals surface area contributed by atoms with Gasteiger partial charge in [-0.25, -0.2) is 0 Å². The normalized spacial score (nSPS) is 20.0. The number of rotatable bonds is 4. The average Bonchev–Trinajstić information content (AvgIpc) is 3.00. The number of carbonyl (C=O) groups excluding carboxylic acids is 1. The molecule has 2 heterocycles. The number of nitrogens with zero attached hydrogens (tertiary/aromatic N) is 3. The summed E-state index contributed by atoms with van der Waals surface area (Å²) < 4.78 is 5.17. The van der Waals surface area contributed by atoms with Crippen LogP contribution in [0.3, 0.4) is 0 Å². The Morgan fingerprint density at radius 3 is 2.88 bits per heavy atom. The number of carbonyl (C=O) groups is 1. The van der Waals surface area contributed by atoms with Crippen LogP contribution in [0, 0.1) is 0 Å². The van der Waals surface area contributed by atoms with E-state index in [1.165, 1.54) is 0 Å². The van der Waals surface area contributed by atoms with E-state index in [4.69, 9.17) is 4.74 Å². The Morgan fingerprint density at radius 2 is 2.21 bits per heavy atom. The zero-order valence-corrected chi connectivity index (χ0v) is 13.6. The zero-order chi connectivity index (χ0) is 17.2. The Hall–Kier alpha value is -2.73. The fraction of sp³-hybridized carbons (Fsp3) is 0.278. The first-order valence-electron chi connectivity index (χ1n) is 7.76. The molecule has 1 atom stereocenters. The van der Waals surface area contributed by atoms with Crippen LogP contribution in [0.2, 0.25) is 0 Å². The first-order valence-corrected chi connectivity index (χ1v) is 7.76. The molecule has 0 saturated heterocycles. The smallest absolute Gasteiger partial charge is 0.277 e. The number of hydrogen-bond acceptors (Lipinski definition) is 5. The summed E-state index contributed by atoms with van der Waals surface area (Å²) in [5, 5.41) is 16.7. The monoisotopic (exact) mass is 325 g/mol. The van der Waals surface area contributed by atoms with Crippen molar-refractivity contribution in [3.63, 3.8) is 0 Å². The molecule has 0 unspecified atom stereocenters. The number of amides is 1. The van der Waals surface area contributed by atoms with Gasteiger partial charge in [-0.15, -0.1) is 0 Å². The molecule has 6 heteroatoms. The Balaban J connectivity index is 2.01. The van der Waals surface area contributed by atoms with Crippen molar-refractivity contribution < 1.29 is 14.6 Å². The van der Waals surface area contributed by atoms with Gasteiger partial charge in [-0.1, -0.05) is 19.1 Å². The first-order chi connectivity index (χ1) is 11.6. The van der Waals surface area contributed by atoms with E-state index in [2.05, 4.69) is 10.1 Å². The topological polar surface area (TPSA) is 75.0 Å². The predicted molar refractivity (Wildman–Crippen MR) is 89.6 cm³/mol. The molecule has 6 nitrogen and oxygen atoms in total. The fourth-order valence-electron chi connectivity index (χ4n) is 2.73. The summed E-state index contributed by atoms with van der Waals surface area (Å²) in [5.41, 5.74) is 0.170. The number of benzene rings is 1. The third-order valence-corrected chi connectivity index (χ3v) is 4.08. The predicted octanol–water partition coefficient (Wildman–Crippen LogP) is 2.55. The van der Waals surface area contributed by atoms with Crippen LogP contribution in [-0.4, -0.2) is 33.8 Å². The average molecular weight is 325 g/mol. The van der Waals surface area contributed by atoms with Crippen LogP contribution in [0.1, 0.15) is 35.7 Å². The quantitative estimate of drug-likeness (QED) is 0.937. The second-order valence-corrected chi connectivity index (χ2v) is 5.60. The van der Waals surface area contributed by atoms with E-state index in [0.717, 1.165) is 10.7 Å². The van der Waals surface area contributed by atoms with Gasteiger partial charge in [0.25, 0.3) is 5.91 Å². The highest BCUT2D eigenvalue weighted by atomic mass is 16.5. The highest BCUT2D eigenvalue weighted by Crippen LogP contribution is 2.36. The highest BCUT2D eigenvalue weighted by Gasteiger charge is 2.45. The van der Waals surface area contributed by atoms with Gasteiger partial charge in [0.2, 0.25) is 0 Å². The van der Waals surface area contributed by atoms with E-state index in [9.17, 15) is 9.90 Å². The van der Waals surface area contributed by atoms with Gasteiger partial charge in [0.1, 0.15) is 5.75 Å². The SMILES string of the molecule is CCC1=NN(C(=O)c2cccc(OC)c2)[C@](O)(c2cccnc2)C1. The number of hydrogen-bond donors (Lipinski definition) is 1. The number of methoxy groups -OCH3 is 1. The summed E-state index contributed by atoms with van der Waals surface area (Å²) in [6.07, 6.45) is 4.10. The molecule has 2 aromatic rings. The lowest BCUT2D eigenvalue weighted by atomic mass is 9.97. The van der Waals surface area contributed by atoms with E-state index in [-0.39, 0.29) is 12.3 Å². The molecule has 1 aromatic heterocycles. The van der Waals surface area contributed by atoms with Crippen LogP contribution in [-0.2, 0) is 5.72 Å². The van der Waals surface area contributed by atoms with Crippen LogP contribution in [0.4, 0.5) is 0 Å². The van der Waals surface area contributed by atoms with Crippen LogP contribution < -0.4 is 4.74 Å². The lowest BCUT2D eigenvalue weighted by Gasteiger charge is -2.31. The minimum absolute atomic E-state index is 0.269. The molecule has 0 radical (unpaired) electrons. The van der Waals surface area contributed by atoms with E-state index >= 15 is 0 Å². The number of aliphatic hydroxyl groups is 1. The third-order valence-electron chi connectivity index (χ3n) is 4.08. The second kappa shape index (κ2) is 6.41. The molecule has 24 heavy (non-hydrogen) atoms. The molecule has 0 fully saturated rings. The molecule has 124 valence electrons. The minimum atomic E-state index is -1.53. The van der Waals surface area contributed by atoms with Crippen molar-refractivity contribution in [3.05, 3.63) is 59.9 Å². The second-order valence-electron chi connectivity index (χ2n) is 5.60. The maximum atomic E-state index is 12.9. The summed E-state index contributed by atoms with van der Waals surface area (Å²) in [6, 6.07) is 10.3. The van der Waals surface area contributed by atoms with Gasteiger partial charge in [-0.2, -0.15) is 10.1 Å². The molecular formula is C18H19N3O3. The minimum Gasteiger partial charge on any atom is -0.497 e. The van der Waals surface area contributed by atoms with Gasteiger partial charge >= 0.3 is 0 Å². The molecule has 3 rings (SSSR count). The Labute approximate surface area is 140 Å². The fourth-order valence-corrected chi connectivity index (χ4v) is 2.73. The Kier molecular flexibility index (Phi) is 4.31. The van der Waals surface area contributed by atoms with Crippen molar-refractivity contribution in [2.24, 2.45) is 5.10 Å². The number of pyridine rings is 1. The van der Waals surface area contributed by atoms with Crippen LogP contribution >= 0.6 is 0 Å². The summed E-state index contributed by atoms with van der Waals surface area (Å²) in [5.74, 6) is 0.188. The molecular weight excluding hydrogens is 306 g/mol. The summed E-state index contributed by atoms with van der Waals surface area (Å²) >= 11 is 0. The largest absolute Gasteiger partial charge is 0.497 e. The number of aromatic nitrogens is 1. The van der Waals surface area contributed by atoms with E-state index in [1.54, 1.807) is 55.9 Å². The van der Waals surface area contributed by atoms with Gasteiger partial charge in [0.05, 0.1) is 7.11 Å². The van der Waals surface area contributed by atoms with Crippen LogP contribution in [0.25, 0.3) is 0 Å². The summed E-state index contributed by atoms with van der Waals surface area (Å²) in [4.78, 5) is 17.0. The van der Waals surface area contributed by atoms with Crippen molar-refractivity contribution in [2.45, 2.75) is 25.5 Å². The molecule has 0 aliphatic carbocycles. The summed E-state index contributed by atoms with van der Waals surface area (Å²) in [6.45, 7) is 1.95.